The van der Waals surface area contributed by atoms with Crippen molar-refractivity contribution in [1.82, 2.24) is 4.98 Å². The second-order valence-corrected chi connectivity index (χ2v) is 5.87. The molecule has 3 nitrogen and oxygen atoms in total. The van der Waals surface area contributed by atoms with Crippen molar-refractivity contribution >= 4 is 32.5 Å². The molecular formula is C14H15BrN2O. The largest absolute Gasteiger partial charge is 0.388 e. The van der Waals surface area contributed by atoms with Crippen LogP contribution in [0.5, 0.6) is 0 Å². The average Bonchev–Trinajstić information content (AvgIpc) is 2.33. The van der Waals surface area contributed by atoms with Crippen molar-refractivity contribution in [2.45, 2.75) is 24.9 Å². The maximum atomic E-state index is 10.1. The van der Waals surface area contributed by atoms with Gasteiger partial charge < -0.3 is 10.4 Å². The average molecular weight is 307 g/mol. The molecule has 0 spiro atoms. The number of anilines is 1. The maximum absolute atomic E-state index is 10.1. The van der Waals surface area contributed by atoms with Gasteiger partial charge in [0.15, 0.2) is 0 Å². The Balaban J connectivity index is 1.87. The van der Waals surface area contributed by atoms with E-state index in [1.165, 1.54) is 0 Å². The predicted molar refractivity (Wildman–Crippen MR) is 76.7 cm³/mol. The summed E-state index contributed by atoms with van der Waals surface area (Å²) in [7, 11) is 0. The van der Waals surface area contributed by atoms with Gasteiger partial charge in [-0.3, -0.25) is 4.98 Å². The third-order valence-corrected chi connectivity index (χ3v) is 4.09. The summed E-state index contributed by atoms with van der Waals surface area (Å²) in [5.74, 6) is 0. The van der Waals surface area contributed by atoms with E-state index in [1.807, 2.05) is 24.3 Å². The number of nitrogens with one attached hydrogen (secondary N) is 1. The van der Waals surface area contributed by atoms with Crippen LogP contribution in [0.15, 0.2) is 34.9 Å². The number of halogens is 1. The predicted octanol–water partition coefficient (Wildman–Crippen LogP) is 3.32. The summed E-state index contributed by atoms with van der Waals surface area (Å²) in [6.07, 6.45) is 4.72. The van der Waals surface area contributed by atoms with Crippen molar-refractivity contribution in [2.75, 3.05) is 11.9 Å². The van der Waals surface area contributed by atoms with E-state index in [0.29, 0.717) is 6.54 Å². The third-order valence-electron chi connectivity index (χ3n) is 3.60. The minimum Gasteiger partial charge on any atom is -0.388 e. The number of benzene rings is 1. The molecule has 1 aliphatic carbocycles. The first-order valence-electron chi connectivity index (χ1n) is 6.17. The fraction of sp³-hybridized carbons (Fsp3) is 0.357. The van der Waals surface area contributed by atoms with E-state index in [2.05, 4.69) is 26.2 Å². The Morgan fingerprint density at radius 3 is 2.89 bits per heavy atom. The quantitative estimate of drug-likeness (QED) is 0.914. The Morgan fingerprint density at radius 2 is 2.17 bits per heavy atom. The zero-order chi connectivity index (χ0) is 12.6. The Kier molecular flexibility index (Phi) is 2.99. The molecule has 94 valence electrons. The minimum absolute atomic E-state index is 0.509. The van der Waals surface area contributed by atoms with E-state index in [4.69, 9.17) is 0 Å². The van der Waals surface area contributed by atoms with Crippen LogP contribution < -0.4 is 5.32 Å². The van der Waals surface area contributed by atoms with Gasteiger partial charge >= 0.3 is 0 Å². The molecule has 0 saturated heterocycles. The SMILES string of the molecule is OC1(CNc2ccnc3cc(Br)ccc23)CCC1. The summed E-state index contributed by atoms with van der Waals surface area (Å²) in [4.78, 5) is 4.35. The van der Waals surface area contributed by atoms with Crippen LogP contribution in [0.4, 0.5) is 5.69 Å². The van der Waals surface area contributed by atoms with Crippen molar-refractivity contribution in [3.05, 3.63) is 34.9 Å². The van der Waals surface area contributed by atoms with Crippen molar-refractivity contribution < 1.29 is 5.11 Å². The van der Waals surface area contributed by atoms with E-state index < -0.39 is 5.60 Å². The summed E-state index contributed by atoms with van der Waals surface area (Å²) >= 11 is 3.45. The van der Waals surface area contributed by atoms with E-state index in [-0.39, 0.29) is 0 Å². The Morgan fingerprint density at radius 1 is 1.33 bits per heavy atom. The van der Waals surface area contributed by atoms with Crippen LogP contribution in [-0.4, -0.2) is 22.2 Å². The molecule has 18 heavy (non-hydrogen) atoms. The van der Waals surface area contributed by atoms with E-state index in [0.717, 1.165) is 40.3 Å². The van der Waals surface area contributed by atoms with Crippen LogP contribution in [0.1, 0.15) is 19.3 Å². The summed E-state index contributed by atoms with van der Waals surface area (Å²) in [5, 5.41) is 14.5. The highest BCUT2D eigenvalue weighted by Crippen LogP contribution is 2.32. The van der Waals surface area contributed by atoms with Gasteiger partial charge in [0.1, 0.15) is 0 Å². The second kappa shape index (κ2) is 4.52. The molecule has 0 bridgehead atoms. The van der Waals surface area contributed by atoms with Crippen LogP contribution in [0.2, 0.25) is 0 Å². The van der Waals surface area contributed by atoms with Gasteiger partial charge in [-0.05, 0) is 43.5 Å². The van der Waals surface area contributed by atoms with Gasteiger partial charge in [-0.15, -0.1) is 0 Å². The standard InChI is InChI=1S/C14H15BrN2O/c15-10-2-3-11-12(4-7-16-13(11)8-10)17-9-14(18)5-1-6-14/h2-4,7-8,18H,1,5-6,9H2,(H,16,17). The molecular weight excluding hydrogens is 292 g/mol. The van der Waals surface area contributed by atoms with Crippen molar-refractivity contribution in [2.24, 2.45) is 0 Å². The number of aliphatic hydroxyl groups is 1. The number of pyridine rings is 1. The molecule has 0 amide bonds. The molecule has 0 radical (unpaired) electrons. The fourth-order valence-corrected chi connectivity index (χ4v) is 2.65. The number of fused-ring (bicyclic) bond motifs is 1. The first kappa shape index (κ1) is 11.9. The molecule has 4 heteroatoms. The molecule has 1 aromatic carbocycles. The highest BCUT2D eigenvalue weighted by Gasteiger charge is 2.33. The Labute approximate surface area is 114 Å². The van der Waals surface area contributed by atoms with E-state index in [1.54, 1.807) is 6.20 Å². The van der Waals surface area contributed by atoms with Crippen LogP contribution in [-0.2, 0) is 0 Å². The minimum atomic E-state index is -0.509. The van der Waals surface area contributed by atoms with Gasteiger partial charge in [-0.2, -0.15) is 0 Å². The third kappa shape index (κ3) is 2.22. The van der Waals surface area contributed by atoms with Crippen molar-refractivity contribution in [3.8, 4) is 0 Å². The van der Waals surface area contributed by atoms with Crippen LogP contribution in [0, 0.1) is 0 Å². The van der Waals surface area contributed by atoms with Crippen molar-refractivity contribution in [3.63, 3.8) is 0 Å². The number of nitrogens with zero attached hydrogens (tertiary/aromatic N) is 1. The molecule has 1 saturated carbocycles. The molecule has 3 rings (SSSR count). The highest BCUT2D eigenvalue weighted by atomic mass is 79.9. The second-order valence-electron chi connectivity index (χ2n) is 4.95. The topological polar surface area (TPSA) is 45.1 Å². The first-order valence-corrected chi connectivity index (χ1v) is 6.96. The molecule has 2 aromatic rings. The Hall–Kier alpha value is -1.13. The normalized spacial score (nSPS) is 17.4. The van der Waals surface area contributed by atoms with Gasteiger partial charge in [0.2, 0.25) is 0 Å². The lowest BCUT2D eigenvalue weighted by Gasteiger charge is -2.37. The lowest BCUT2D eigenvalue weighted by Crippen LogP contribution is -2.43. The summed E-state index contributed by atoms with van der Waals surface area (Å²) in [6, 6.07) is 8.00. The van der Waals surface area contributed by atoms with Gasteiger partial charge in [0.25, 0.3) is 0 Å². The molecule has 1 aromatic heterocycles. The summed E-state index contributed by atoms with van der Waals surface area (Å²) in [6.45, 7) is 0.613. The van der Waals surface area contributed by atoms with E-state index >= 15 is 0 Å². The van der Waals surface area contributed by atoms with Crippen LogP contribution >= 0.6 is 15.9 Å². The van der Waals surface area contributed by atoms with Gasteiger partial charge in [-0.25, -0.2) is 0 Å². The monoisotopic (exact) mass is 306 g/mol. The molecule has 0 aliphatic heterocycles. The molecule has 1 heterocycles. The first-order chi connectivity index (χ1) is 8.66. The molecule has 0 unspecified atom stereocenters. The molecule has 1 fully saturated rings. The molecule has 1 aliphatic rings. The highest BCUT2D eigenvalue weighted by molar-refractivity contribution is 9.10. The molecule has 0 atom stereocenters. The molecule has 2 N–H and O–H groups in total. The van der Waals surface area contributed by atoms with Crippen LogP contribution in [0.3, 0.4) is 0 Å². The number of hydrogen-bond acceptors (Lipinski definition) is 3. The van der Waals surface area contributed by atoms with Gasteiger partial charge in [0.05, 0.1) is 11.1 Å². The summed E-state index contributed by atoms with van der Waals surface area (Å²) < 4.78 is 1.03. The number of aromatic nitrogens is 1. The van der Waals surface area contributed by atoms with Crippen molar-refractivity contribution in [1.29, 1.82) is 0 Å². The Bertz CT molecular complexity index is 581. The van der Waals surface area contributed by atoms with Gasteiger partial charge in [-0.1, -0.05) is 15.9 Å². The number of rotatable bonds is 3. The zero-order valence-corrected chi connectivity index (χ0v) is 11.6. The maximum Gasteiger partial charge on any atom is 0.0819 e. The zero-order valence-electron chi connectivity index (χ0n) is 9.99. The smallest absolute Gasteiger partial charge is 0.0819 e. The lowest BCUT2D eigenvalue weighted by molar-refractivity contribution is -0.0201. The van der Waals surface area contributed by atoms with E-state index in [9.17, 15) is 5.11 Å². The summed E-state index contributed by atoms with van der Waals surface area (Å²) in [5.41, 5.74) is 1.48. The van der Waals surface area contributed by atoms with Gasteiger partial charge in [0, 0.05) is 28.3 Å². The number of hydrogen-bond donors (Lipinski definition) is 2. The fourth-order valence-electron chi connectivity index (χ4n) is 2.30. The van der Waals surface area contributed by atoms with Crippen LogP contribution in [0.25, 0.3) is 10.9 Å². The lowest BCUT2D eigenvalue weighted by atomic mass is 9.80.